The molecule has 0 aliphatic heterocycles. The largest absolute Gasteiger partial charge is 0.313 e. The van der Waals surface area contributed by atoms with E-state index in [0.29, 0.717) is 16.3 Å². The van der Waals surface area contributed by atoms with Gasteiger partial charge in [0.05, 0.1) is 0 Å². The Labute approximate surface area is 134 Å². The molecule has 0 atom stereocenters. The average molecular weight is 324 g/mol. The third kappa shape index (κ3) is 5.34. The molecule has 0 aromatic heterocycles. The third-order valence-corrected chi connectivity index (χ3v) is 4.38. The smallest absolute Gasteiger partial charge is 0.127 e. The van der Waals surface area contributed by atoms with Crippen molar-refractivity contribution in [1.82, 2.24) is 5.32 Å². The van der Waals surface area contributed by atoms with Gasteiger partial charge in [0, 0.05) is 22.2 Å². The highest BCUT2D eigenvalue weighted by Crippen LogP contribution is 2.26. The Kier molecular flexibility index (Phi) is 6.55. The van der Waals surface area contributed by atoms with Crippen LogP contribution in [0.15, 0.2) is 47.4 Å². The van der Waals surface area contributed by atoms with E-state index in [9.17, 15) is 4.39 Å². The molecule has 1 N–H and O–H groups in total. The van der Waals surface area contributed by atoms with Gasteiger partial charge in [-0.1, -0.05) is 30.7 Å². The van der Waals surface area contributed by atoms with Gasteiger partial charge in [-0.25, -0.2) is 4.39 Å². The summed E-state index contributed by atoms with van der Waals surface area (Å²) in [5, 5.41) is 3.94. The minimum absolute atomic E-state index is 0.202. The van der Waals surface area contributed by atoms with Crippen LogP contribution in [0.3, 0.4) is 0 Å². The maximum absolute atomic E-state index is 13.6. The lowest BCUT2D eigenvalue weighted by atomic mass is 10.2. The van der Waals surface area contributed by atoms with Crippen LogP contribution in [0.4, 0.5) is 4.39 Å². The van der Waals surface area contributed by atoms with Gasteiger partial charge in [0.2, 0.25) is 0 Å². The van der Waals surface area contributed by atoms with Crippen LogP contribution in [0.25, 0.3) is 0 Å². The molecule has 0 spiro atoms. The summed E-state index contributed by atoms with van der Waals surface area (Å²) in [7, 11) is 0. The van der Waals surface area contributed by atoms with Crippen molar-refractivity contribution in [3.63, 3.8) is 0 Å². The normalized spacial score (nSPS) is 10.8. The van der Waals surface area contributed by atoms with Crippen LogP contribution in [0.2, 0.25) is 5.02 Å². The lowest BCUT2D eigenvalue weighted by molar-refractivity contribution is 0.617. The molecule has 0 unspecified atom stereocenters. The van der Waals surface area contributed by atoms with Crippen LogP contribution in [-0.4, -0.2) is 6.54 Å². The number of rotatable bonds is 7. The van der Waals surface area contributed by atoms with E-state index in [2.05, 4.69) is 36.5 Å². The van der Waals surface area contributed by atoms with E-state index >= 15 is 0 Å². The molecule has 0 fully saturated rings. The van der Waals surface area contributed by atoms with Gasteiger partial charge in [-0.2, -0.15) is 0 Å². The molecule has 0 saturated carbocycles. The van der Waals surface area contributed by atoms with Gasteiger partial charge in [0.1, 0.15) is 5.82 Å². The Morgan fingerprint density at radius 2 is 1.90 bits per heavy atom. The second-order valence-electron chi connectivity index (χ2n) is 4.85. The van der Waals surface area contributed by atoms with E-state index in [1.807, 2.05) is 0 Å². The number of benzene rings is 2. The zero-order valence-corrected chi connectivity index (χ0v) is 13.6. The van der Waals surface area contributed by atoms with Crippen molar-refractivity contribution in [1.29, 1.82) is 0 Å². The number of halogens is 2. The maximum Gasteiger partial charge on any atom is 0.127 e. The van der Waals surface area contributed by atoms with Crippen LogP contribution >= 0.6 is 23.4 Å². The summed E-state index contributed by atoms with van der Waals surface area (Å²) in [6, 6.07) is 13.1. The topological polar surface area (TPSA) is 12.0 Å². The monoisotopic (exact) mass is 323 g/mol. The summed E-state index contributed by atoms with van der Waals surface area (Å²) in [6.45, 7) is 4.08. The van der Waals surface area contributed by atoms with E-state index in [4.69, 9.17) is 11.6 Å². The Morgan fingerprint density at radius 3 is 2.62 bits per heavy atom. The fourth-order valence-corrected chi connectivity index (χ4v) is 2.99. The second kappa shape index (κ2) is 8.42. The van der Waals surface area contributed by atoms with E-state index < -0.39 is 0 Å². The second-order valence-corrected chi connectivity index (χ2v) is 6.33. The van der Waals surface area contributed by atoms with Crippen LogP contribution in [0.5, 0.6) is 0 Å². The van der Waals surface area contributed by atoms with E-state index in [0.717, 1.165) is 24.4 Å². The van der Waals surface area contributed by atoms with E-state index in [-0.39, 0.29) is 5.82 Å². The van der Waals surface area contributed by atoms with Crippen molar-refractivity contribution in [2.24, 2.45) is 0 Å². The highest BCUT2D eigenvalue weighted by atomic mass is 35.5. The van der Waals surface area contributed by atoms with Crippen molar-refractivity contribution < 1.29 is 4.39 Å². The summed E-state index contributed by atoms with van der Waals surface area (Å²) in [5.41, 5.74) is 1.91. The zero-order valence-electron chi connectivity index (χ0n) is 12.0. The molecule has 4 heteroatoms. The first kappa shape index (κ1) is 16.3. The fraction of sp³-hybridized carbons (Fsp3) is 0.294. The number of thioether (sulfide) groups is 1. The SMILES string of the molecule is CCCNCc1ccc(SCc2cc(Cl)ccc2F)cc1. The molecule has 112 valence electrons. The zero-order chi connectivity index (χ0) is 15.1. The lowest BCUT2D eigenvalue weighted by Gasteiger charge is -2.06. The Balaban J connectivity index is 1.90. The summed E-state index contributed by atoms with van der Waals surface area (Å²) in [4.78, 5) is 1.13. The predicted molar refractivity (Wildman–Crippen MR) is 89.4 cm³/mol. The molecule has 2 aromatic carbocycles. The molecular formula is C17H19ClFNS. The van der Waals surface area contributed by atoms with Crippen molar-refractivity contribution in [3.05, 3.63) is 64.4 Å². The standard InChI is InChI=1S/C17H19ClFNS/c1-2-9-20-11-13-3-6-16(7-4-13)21-12-14-10-15(18)5-8-17(14)19/h3-8,10,20H,2,9,11-12H2,1H3. The van der Waals surface area contributed by atoms with E-state index in [1.54, 1.807) is 23.9 Å². The third-order valence-electron chi connectivity index (χ3n) is 3.08. The van der Waals surface area contributed by atoms with Crippen LogP contribution in [0.1, 0.15) is 24.5 Å². The molecular weight excluding hydrogens is 305 g/mol. The van der Waals surface area contributed by atoms with Crippen LogP contribution in [0, 0.1) is 5.82 Å². The number of hydrogen-bond donors (Lipinski definition) is 1. The van der Waals surface area contributed by atoms with Crippen molar-refractivity contribution in [2.45, 2.75) is 30.5 Å². The molecule has 0 saturated heterocycles. The van der Waals surface area contributed by atoms with Gasteiger partial charge >= 0.3 is 0 Å². The van der Waals surface area contributed by atoms with Crippen molar-refractivity contribution in [3.8, 4) is 0 Å². The van der Waals surface area contributed by atoms with Crippen LogP contribution in [-0.2, 0) is 12.3 Å². The van der Waals surface area contributed by atoms with Gasteiger partial charge in [-0.3, -0.25) is 0 Å². The molecule has 0 aliphatic rings. The summed E-state index contributed by atoms with van der Waals surface area (Å²) < 4.78 is 13.6. The summed E-state index contributed by atoms with van der Waals surface area (Å²) in [6.07, 6.45) is 1.14. The molecule has 0 amide bonds. The minimum atomic E-state index is -0.202. The maximum atomic E-state index is 13.6. The first-order valence-electron chi connectivity index (χ1n) is 7.05. The first-order valence-corrected chi connectivity index (χ1v) is 8.42. The van der Waals surface area contributed by atoms with E-state index in [1.165, 1.54) is 11.6 Å². The predicted octanol–water partition coefficient (Wildman–Crippen LogP) is 5.27. The van der Waals surface area contributed by atoms with Gasteiger partial charge in [-0.15, -0.1) is 11.8 Å². The van der Waals surface area contributed by atoms with Gasteiger partial charge in [0.15, 0.2) is 0 Å². The quantitative estimate of drug-likeness (QED) is 0.550. The average Bonchev–Trinajstić information content (AvgIpc) is 2.50. The Morgan fingerprint density at radius 1 is 1.14 bits per heavy atom. The molecule has 0 bridgehead atoms. The highest BCUT2D eigenvalue weighted by Gasteiger charge is 2.04. The Bertz CT molecular complexity index is 572. The molecule has 21 heavy (non-hydrogen) atoms. The molecule has 2 rings (SSSR count). The van der Waals surface area contributed by atoms with Gasteiger partial charge < -0.3 is 5.32 Å². The fourth-order valence-electron chi connectivity index (χ4n) is 1.93. The molecule has 0 heterocycles. The van der Waals surface area contributed by atoms with Crippen molar-refractivity contribution >= 4 is 23.4 Å². The summed E-state index contributed by atoms with van der Waals surface area (Å²) >= 11 is 7.51. The first-order chi connectivity index (χ1) is 10.2. The lowest BCUT2D eigenvalue weighted by Crippen LogP contribution is -2.13. The highest BCUT2D eigenvalue weighted by molar-refractivity contribution is 7.98. The molecule has 0 aliphatic carbocycles. The molecule has 0 radical (unpaired) electrons. The number of nitrogens with one attached hydrogen (secondary N) is 1. The van der Waals surface area contributed by atoms with Crippen LogP contribution < -0.4 is 5.32 Å². The minimum Gasteiger partial charge on any atom is -0.313 e. The molecule has 2 aromatic rings. The van der Waals surface area contributed by atoms with Gasteiger partial charge in [-0.05, 0) is 54.4 Å². The Hall–Kier alpha value is -1.03. The number of hydrogen-bond acceptors (Lipinski definition) is 2. The van der Waals surface area contributed by atoms with Crippen molar-refractivity contribution in [2.75, 3.05) is 6.54 Å². The molecule has 1 nitrogen and oxygen atoms in total. The van der Waals surface area contributed by atoms with Gasteiger partial charge in [0.25, 0.3) is 0 Å². The summed E-state index contributed by atoms with van der Waals surface area (Å²) in [5.74, 6) is 0.382.